The van der Waals surface area contributed by atoms with Crippen LogP contribution < -0.4 is 0 Å². The molecule has 5 aromatic carbocycles. The highest BCUT2D eigenvalue weighted by atomic mass is 19.2. The van der Waals surface area contributed by atoms with E-state index in [0.717, 1.165) is 24.3 Å². The second-order valence-corrected chi connectivity index (χ2v) is 8.55. The van der Waals surface area contributed by atoms with Gasteiger partial charge in [0.1, 0.15) is 0 Å². The Morgan fingerprint density at radius 1 is 0.275 bits per heavy atom. The number of rotatable bonds is 4. The third-order valence-corrected chi connectivity index (χ3v) is 6.34. The average Bonchev–Trinajstić information content (AvgIpc) is 2.97. The van der Waals surface area contributed by atoms with Crippen LogP contribution in [0.3, 0.4) is 0 Å². The van der Waals surface area contributed by atoms with E-state index in [1.807, 2.05) is 0 Å². The Hall–Kier alpha value is -4.60. The smallest absolute Gasteiger partial charge is 0.200 e. The molecular weight excluding hydrogens is 550 g/mol. The van der Waals surface area contributed by atoms with E-state index in [2.05, 4.69) is 0 Å². The van der Waals surface area contributed by atoms with Crippen LogP contribution in [0.4, 0.5) is 43.9 Å². The first-order valence-corrected chi connectivity index (χ1v) is 11.4. The Labute approximate surface area is 219 Å². The van der Waals surface area contributed by atoms with Gasteiger partial charge in [0.15, 0.2) is 46.5 Å². The van der Waals surface area contributed by atoms with Gasteiger partial charge in [0.2, 0.25) is 11.6 Å². The average molecular weight is 562 g/mol. The summed E-state index contributed by atoms with van der Waals surface area (Å²) in [4.78, 5) is 0. The van der Waals surface area contributed by atoms with Crippen LogP contribution in [0.25, 0.3) is 45.8 Å². The van der Waals surface area contributed by atoms with Crippen molar-refractivity contribution in [2.45, 2.75) is 0 Å². The molecule has 0 saturated heterocycles. The fraction of sp³-hybridized carbons (Fsp3) is 0. The molecule has 0 aromatic heterocycles. The van der Waals surface area contributed by atoms with E-state index < -0.39 is 69.3 Å². The number of hydrogen-bond acceptors (Lipinski definition) is 0. The molecule has 0 heterocycles. The summed E-state index contributed by atoms with van der Waals surface area (Å²) in [5.74, 6) is -21.1. The van der Waals surface area contributed by atoms with E-state index >= 15 is 0 Å². The first kappa shape index (κ1) is 27.0. The van der Waals surface area contributed by atoms with Crippen molar-refractivity contribution in [1.82, 2.24) is 0 Å². The van der Waals surface area contributed by atoms with Gasteiger partial charge in [-0.15, -0.1) is 0 Å². The van der Waals surface area contributed by atoms with Gasteiger partial charge in [-0.25, -0.2) is 43.9 Å². The normalized spacial score (nSPS) is 12.1. The largest absolute Gasteiger partial charge is 0.203 e. The first-order chi connectivity index (χ1) is 19.0. The summed E-state index contributed by atoms with van der Waals surface area (Å²) in [6, 6.07) is 12.6. The molecule has 0 N–H and O–H groups in total. The van der Waals surface area contributed by atoms with Gasteiger partial charge < -0.3 is 0 Å². The molecule has 202 valence electrons. The summed E-state index contributed by atoms with van der Waals surface area (Å²) in [6.45, 7) is 0. The van der Waals surface area contributed by atoms with Crippen LogP contribution >= 0.6 is 0 Å². The predicted octanol–water partition coefficient (Wildman–Crippen LogP) is 9.72. The van der Waals surface area contributed by atoms with E-state index in [-0.39, 0.29) is 0 Å². The zero-order valence-electron chi connectivity index (χ0n) is 19.7. The number of halogens is 10. The van der Waals surface area contributed by atoms with Crippen molar-refractivity contribution in [3.63, 3.8) is 0 Å². The zero-order valence-corrected chi connectivity index (χ0v) is 19.7. The lowest BCUT2D eigenvalue weighted by Gasteiger charge is -2.13. The van der Waals surface area contributed by atoms with Crippen molar-refractivity contribution in [3.8, 4) is 0 Å². The molecule has 0 amide bonds. The van der Waals surface area contributed by atoms with Crippen LogP contribution in [0.2, 0.25) is 0 Å². The third kappa shape index (κ3) is 4.20. The fourth-order valence-corrected chi connectivity index (χ4v) is 4.42. The minimum atomic E-state index is -2.30. The Bertz CT molecular complexity index is 1650. The van der Waals surface area contributed by atoms with E-state index in [0.29, 0.717) is 32.7 Å². The van der Waals surface area contributed by atoms with Crippen molar-refractivity contribution in [2.75, 3.05) is 0 Å². The highest BCUT2D eigenvalue weighted by Crippen LogP contribution is 2.36. The number of hydrogen-bond donors (Lipinski definition) is 0. The van der Waals surface area contributed by atoms with Gasteiger partial charge in [0, 0.05) is 0 Å². The molecule has 0 nitrogen and oxygen atoms in total. The standard InChI is InChI=1S/C30H12F10/c31-21-19(22(32)26(36)29(39)25(21)35)11-9-17-13-5-1-2-6-14(13)18(16-8-4-3-7-15(16)17)10-12-20-23(33)27(37)30(40)28(38)24(20)34/h1-12H/b11-9+,12-10+. The van der Waals surface area contributed by atoms with Crippen molar-refractivity contribution in [3.05, 3.63) is 129 Å². The Morgan fingerprint density at radius 2 is 0.475 bits per heavy atom. The molecule has 0 bridgehead atoms. The minimum Gasteiger partial charge on any atom is -0.203 e. The summed E-state index contributed by atoms with van der Waals surface area (Å²) < 4.78 is 139. The van der Waals surface area contributed by atoms with Crippen LogP contribution in [-0.4, -0.2) is 0 Å². The molecular formula is C30H12F10. The maximum atomic E-state index is 14.3. The Kier molecular flexibility index (Phi) is 6.87. The first-order valence-electron chi connectivity index (χ1n) is 11.4. The van der Waals surface area contributed by atoms with Crippen LogP contribution in [0, 0.1) is 58.2 Å². The van der Waals surface area contributed by atoms with Crippen LogP contribution in [0.1, 0.15) is 22.3 Å². The van der Waals surface area contributed by atoms with Gasteiger partial charge in [-0.2, -0.15) is 0 Å². The molecule has 0 saturated carbocycles. The monoisotopic (exact) mass is 562 g/mol. The van der Waals surface area contributed by atoms with Gasteiger partial charge in [-0.05, 0) is 44.8 Å². The molecule has 0 fully saturated rings. The minimum absolute atomic E-state index is 0.295. The number of fused-ring (bicyclic) bond motifs is 2. The fourth-order valence-electron chi connectivity index (χ4n) is 4.42. The van der Waals surface area contributed by atoms with Crippen molar-refractivity contribution >= 4 is 45.8 Å². The second-order valence-electron chi connectivity index (χ2n) is 8.55. The van der Waals surface area contributed by atoms with Gasteiger partial charge >= 0.3 is 0 Å². The molecule has 0 atom stereocenters. The molecule has 0 aliphatic carbocycles. The highest BCUT2D eigenvalue weighted by Gasteiger charge is 2.25. The molecule has 0 aliphatic rings. The summed E-state index contributed by atoms with van der Waals surface area (Å²) in [5.41, 5.74) is -1.74. The van der Waals surface area contributed by atoms with Gasteiger partial charge in [0.05, 0.1) is 11.1 Å². The highest BCUT2D eigenvalue weighted by molar-refractivity contribution is 6.14. The van der Waals surface area contributed by atoms with Crippen LogP contribution in [0.15, 0.2) is 48.5 Å². The lowest BCUT2D eigenvalue weighted by molar-refractivity contribution is 0.377. The van der Waals surface area contributed by atoms with E-state index in [9.17, 15) is 43.9 Å². The Balaban J connectivity index is 1.76. The maximum absolute atomic E-state index is 14.3. The van der Waals surface area contributed by atoms with E-state index in [1.54, 1.807) is 48.5 Å². The molecule has 0 aliphatic heterocycles. The molecule has 10 heteroatoms. The van der Waals surface area contributed by atoms with Crippen LogP contribution in [0.5, 0.6) is 0 Å². The molecule has 0 unspecified atom stereocenters. The third-order valence-electron chi connectivity index (χ3n) is 6.34. The molecule has 5 aromatic rings. The summed E-state index contributed by atoms with van der Waals surface area (Å²) in [7, 11) is 0. The van der Waals surface area contributed by atoms with E-state index in [4.69, 9.17) is 0 Å². The quantitative estimate of drug-likeness (QED) is 0.0673. The maximum Gasteiger partial charge on any atom is 0.200 e. The van der Waals surface area contributed by atoms with Crippen molar-refractivity contribution < 1.29 is 43.9 Å². The topological polar surface area (TPSA) is 0 Å². The van der Waals surface area contributed by atoms with Gasteiger partial charge in [-0.3, -0.25) is 0 Å². The Morgan fingerprint density at radius 3 is 0.725 bits per heavy atom. The SMILES string of the molecule is Fc1c(F)c(F)c(/C=C/c2c3ccccc3c(/C=C/c3c(F)c(F)c(F)c(F)c3F)c3ccccc23)c(F)c1F. The lowest BCUT2D eigenvalue weighted by Crippen LogP contribution is -2.04. The molecule has 5 rings (SSSR count). The van der Waals surface area contributed by atoms with Crippen molar-refractivity contribution in [2.24, 2.45) is 0 Å². The van der Waals surface area contributed by atoms with Gasteiger partial charge in [0.25, 0.3) is 0 Å². The van der Waals surface area contributed by atoms with Gasteiger partial charge in [-0.1, -0.05) is 60.7 Å². The molecule has 0 radical (unpaired) electrons. The zero-order chi connectivity index (χ0) is 28.9. The van der Waals surface area contributed by atoms with Crippen molar-refractivity contribution in [1.29, 1.82) is 0 Å². The molecule has 40 heavy (non-hydrogen) atoms. The second kappa shape index (κ2) is 10.2. The predicted molar refractivity (Wildman–Crippen MR) is 132 cm³/mol. The molecule has 0 spiro atoms. The lowest BCUT2D eigenvalue weighted by atomic mass is 9.90. The van der Waals surface area contributed by atoms with Crippen LogP contribution in [-0.2, 0) is 0 Å². The summed E-state index contributed by atoms with van der Waals surface area (Å²) in [5, 5.41) is 1.55. The summed E-state index contributed by atoms with van der Waals surface area (Å²) in [6.07, 6.45) is 3.77. The van der Waals surface area contributed by atoms with E-state index in [1.165, 1.54) is 0 Å². The summed E-state index contributed by atoms with van der Waals surface area (Å²) >= 11 is 0. The number of benzene rings is 5.